The monoisotopic (exact) mass is 443 g/mol. The van der Waals surface area contributed by atoms with Crippen molar-refractivity contribution in [1.29, 1.82) is 0 Å². The van der Waals surface area contributed by atoms with Gasteiger partial charge in [0.2, 0.25) is 0 Å². The molecule has 0 radical (unpaired) electrons. The Balaban J connectivity index is 1.16. The van der Waals surface area contributed by atoms with Crippen molar-refractivity contribution in [2.45, 2.75) is 57.9 Å². The Morgan fingerprint density at radius 2 is 1.82 bits per heavy atom. The molecule has 5 rings (SSSR count). The van der Waals surface area contributed by atoms with Crippen molar-refractivity contribution in [2.75, 3.05) is 37.7 Å². The van der Waals surface area contributed by atoms with E-state index in [2.05, 4.69) is 70.2 Å². The van der Waals surface area contributed by atoms with Crippen LogP contribution in [0.3, 0.4) is 0 Å². The van der Waals surface area contributed by atoms with Crippen LogP contribution in [0.2, 0.25) is 0 Å². The number of hydrogen-bond donors (Lipinski definition) is 0. The van der Waals surface area contributed by atoms with Crippen molar-refractivity contribution in [2.24, 2.45) is 0 Å². The number of anilines is 1. The summed E-state index contributed by atoms with van der Waals surface area (Å²) in [5.74, 6) is 0.884. The van der Waals surface area contributed by atoms with E-state index in [1.54, 1.807) is 0 Å². The van der Waals surface area contributed by atoms with E-state index < -0.39 is 0 Å². The standard InChI is InChI=1S/C29H37N3O/c1-23(32-18-14-24-10-4-5-11-29(24)32)25-12-13-28-26(20-25)21-27(22-30-28)33-19-9-3-8-17-31-15-6-2-7-16-31/h4-5,10-13,20-23H,2-3,6-9,14-19H2,1H3/t23-/m0/s1. The highest BCUT2D eigenvalue weighted by Crippen LogP contribution is 2.35. The number of para-hydroxylation sites is 1. The maximum atomic E-state index is 6.07. The molecule has 2 aromatic carbocycles. The van der Waals surface area contributed by atoms with E-state index in [4.69, 9.17) is 4.74 Å². The third-order valence-corrected chi connectivity index (χ3v) is 7.39. The zero-order valence-corrected chi connectivity index (χ0v) is 20.0. The van der Waals surface area contributed by atoms with Gasteiger partial charge in [-0.15, -0.1) is 0 Å². The Bertz CT molecular complexity index is 1060. The fourth-order valence-corrected chi connectivity index (χ4v) is 5.40. The quantitative estimate of drug-likeness (QED) is 0.358. The number of ether oxygens (including phenoxy) is 1. The Labute approximate surface area is 198 Å². The highest BCUT2D eigenvalue weighted by atomic mass is 16.5. The van der Waals surface area contributed by atoms with Crippen molar-refractivity contribution >= 4 is 16.6 Å². The fraction of sp³-hybridized carbons (Fsp3) is 0.483. The van der Waals surface area contributed by atoms with Gasteiger partial charge in [-0.05, 0) is 100 Å². The van der Waals surface area contributed by atoms with Gasteiger partial charge >= 0.3 is 0 Å². The normalized spacial score (nSPS) is 17.3. The van der Waals surface area contributed by atoms with Gasteiger partial charge in [0, 0.05) is 17.6 Å². The average molecular weight is 444 g/mol. The molecule has 1 saturated heterocycles. The summed E-state index contributed by atoms with van der Waals surface area (Å²) in [6, 6.07) is 17.9. The van der Waals surface area contributed by atoms with Crippen LogP contribution in [0, 0.1) is 0 Å². The van der Waals surface area contributed by atoms with Crippen LogP contribution in [-0.2, 0) is 6.42 Å². The second-order valence-electron chi connectivity index (χ2n) is 9.68. The Hall–Kier alpha value is -2.59. The van der Waals surface area contributed by atoms with Crippen molar-refractivity contribution in [3.05, 3.63) is 65.9 Å². The van der Waals surface area contributed by atoms with E-state index in [1.807, 2.05) is 6.20 Å². The predicted molar refractivity (Wildman–Crippen MR) is 137 cm³/mol. The topological polar surface area (TPSA) is 28.6 Å². The van der Waals surface area contributed by atoms with Crippen LogP contribution in [0.1, 0.15) is 62.6 Å². The van der Waals surface area contributed by atoms with Crippen LogP contribution in [0.4, 0.5) is 5.69 Å². The van der Waals surface area contributed by atoms with Gasteiger partial charge in [0.05, 0.1) is 24.4 Å². The van der Waals surface area contributed by atoms with Crippen LogP contribution < -0.4 is 9.64 Å². The molecule has 0 unspecified atom stereocenters. The lowest BCUT2D eigenvalue weighted by atomic mass is 10.0. The molecule has 0 bridgehead atoms. The number of likely N-dealkylation sites (tertiary alicyclic amines) is 1. The molecule has 0 saturated carbocycles. The molecule has 0 amide bonds. The molecular weight excluding hydrogens is 406 g/mol. The van der Waals surface area contributed by atoms with Crippen LogP contribution in [0.15, 0.2) is 54.7 Å². The van der Waals surface area contributed by atoms with Gasteiger partial charge < -0.3 is 14.5 Å². The number of aromatic nitrogens is 1. The first-order valence-electron chi connectivity index (χ1n) is 12.9. The molecule has 1 aromatic heterocycles. The summed E-state index contributed by atoms with van der Waals surface area (Å²) in [4.78, 5) is 9.79. The number of pyridine rings is 1. The van der Waals surface area contributed by atoms with Crippen molar-refractivity contribution < 1.29 is 4.74 Å². The number of piperidine rings is 1. The van der Waals surface area contributed by atoms with Crippen LogP contribution >= 0.6 is 0 Å². The molecule has 4 nitrogen and oxygen atoms in total. The lowest BCUT2D eigenvalue weighted by molar-refractivity contribution is 0.221. The summed E-state index contributed by atoms with van der Waals surface area (Å²) < 4.78 is 6.07. The molecule has 4 heteroatoms. The largest absolute Gasteiger partial charge is 0.492 e. The first-order chi connectivity index (χ1) is 16.3. The highest BCUT2D eigenvalue weighted by molar-refractivity contribution is 5.80. The lowest BCUT2D eigenvalue weighted by Crippen LogP contribution is -2.30. The average Bonchev–Trinajstić information content (AvgIpc) is 3.30. The summed E-state index contributed by atoms with van der Waals surface area (Å²) in [6.07, 6.45) is 10.8. The Morgan fingerprint density at radius 3 is 2.73 bits per heavy atom. The minimum absolute atomic E-state index is 0.336. The smallest absolute Gasteiger partial charge is 0.138 e. The van der Waals surface area contributed by atoms with E-state index in [0.717, 1.165) is 42.6 Å². The number of hydrogen-bond acceptors (Lipinski definition) is 4. The number of fused-ring (bicyclic) bond motifs is 2. The molecule has 174 valence electrons. The number of rotatable bonds is 9. The maximum Gasteiger partial charge on any atom is 0.138 e. The summed E-state index contributed by atoms with van der Waals surface area (Å²) in [6.45, 7) is 8.00. The van der Waals surface area contributed by atoms with Crippen molar-refractivity contribution in [3.8, 4) is 5.75 Å². The second kappa shape index (κ2) is 10.6. The van der Waals surface area contributed by atoms with Gasteiger partial charge in [0.25, 0.3) is 0 Å². The van der Waals surface area contributed by atoms with E-state index in [1.165, 1.54) is 68.6 Å². The van der Waals surface area contributed by atoms with Gasteiger partial charge in [-0.25, -0.2) is 0 Å². The minimum Gasteiger partial charge on any atom is -0.492 e. The van der Waals surface area contributed by atoms with Gasteiger partial charge in [-0.1, -0.05) is 30.7 Å². The van der Waals surface area contributed by atoms with Gasteiger partial charge in [-0.2, -0.15) is 0 Å². The zero-order chi connectivity index (χ0) is 22.5. The predicted octanol–water partition coefficient (Wildman–Crippen LogP) is 6.39. The first-order valence-corrected chi connectivity index (χ1v) is 12.9. The van der Waals surface area contributed by atoms with E-state index in [-0.39, 0.29) is 0 Å². The van der Waals surface area contributed by atoms with E-state index >= 15 is 0 Å². The fourth-order valence-electron chi connectivity index (χ4n) is 5.40. The third-order valence-electron chi connectivity index (χ3n) is 7.39. The maximum absolute atomic E-state index is 6.07. The van der Waals surface area contributed by atoms with E-state index in [9.17, 15) is 0 Å². The minimum atomic E-state index is 0.336. The third kappa shape index (κ3) is 5.33. The van der Waals surface area contributed by atoms with Crippen molar-refractivity contribution in [3.63, 3.8) is 0 Å². The number of unbranched alkanes of at least 4 members (excludes halogenated alkanes) is 2. The Morgan fingerprint density at radius 1 is 0.939 bits per heavy atom. The van der Waals surface area contributed by atoms with Crippen LogP contribution in [0.5, 0.6) is 5.75 Å². The molecule has 3 heterocycles. The van der Waals surface area contributed by atoms with Crippen molar-refractivity contribution in [1.82, 2.24) is 9.88 Å². The molecule has 1 atom stereocenters. The Kier molecular flexibility index (Phi) is 7.11. The molecule has 1 fully saturated rings. The molecule has 0 N–H and O–H groups in total. The SMILES string of the molecule is C[C@@H](c1ccc2ncc(OCCCCCN3CCCCC3)cc2c1)N1CCc2ccccc21. The zero-order valence-electron chi connectivity index (χ0n) is 20.0. The van der Waals surface area contributed by atoms with Gasteiger partial charge in [-0.3, -0.25) is 4.98 Å². The number of benzene rings is 2. The van der Waals surface area contributed by atoms with E-state index in [0.29, 0.717) is 6.04 Å². The molecule has 0 aliphatic carbocycles. The molecule has 33 heavy (non-hydrogen) atoms. The second-order valence-corrected chi connectivity index (χ2v) is 9.68. The number of nitrogens with zero attached hydrogens (tertiary/aromatic N) is 3. The summed E-state index contributed by atoms with van der Waals surface area (Å²) in [5, 5.41) is 1.16. The van der Waals surface area contributed by atoms with Crippen LogP contribution in [-0.4, -0.2) is 42.7 Å². The van der Waals surface area contributed by atoms with Gasteiger partial charge in [0.15, 0.2) is 0 Å². The molecular formula is C29H37N3O. The van der Waals surface area contributed by atoms with Crippen LogP contribution in [0.25, 0.3) is 10.9 Å². The summed E-state index contributed by atoms with van der Waals surface area (Å²) in [7, 11) is 0. The lowest BCUT2D eigenvalue weighted by Gasteiger charge is -2.28. The first kappa shape index (κ1) is 22.2. The summed E-state index contributed by atoms with van der Waals surface area (Å²) >= 11 is 0. The van der Waals surface area contributed by atoms with Gasteiger partial charge in [0.1, 0.15) is 5.75 Å². The molecule has 2 aliphatic rings. The summed E-state index contributed by atoms with van der Waals surface area (Å²) in [5.41, 5.74) is 5.19. The highest BCUT2D eigenvalue weighted by Gasteiger charge is 2.24. The molecule has 0 spiro atoms. The molecule has 2 aliphatic heterocycles. The molecule has 3 aromatic rings.